The molecule has 0 spiro atoms. The van der Waals surface area contributed by atoms with E-state index in [4.69, 9.17) is 0 Å². The van der Waals surface area contributed by atoms with E-state index in [1.165, 1.54) is 6.07 Å². The number of rotatable bonds is 4. The van der Waals surface area contributed by atoms with Gasteiger partial charge in [-0.05, 0) is 48.2 Å². The van der Waals surface area contributed by atoms with Crippen molar-refractivity contribution in [3.05, 3.63) is 65.7 Å². The highest BCUT2D eigenvalue weighted by atomic mass is 19.1. The minimum Gasteiger partial charge on any atom is -0.349 e. The molecular formula is C19H18FN3O. The highest BCUT2D eigenvalue weighted by molar-refractivity contribution is 5.78. The van der Waals surface area contributed by atoms with Gasteiger partial charge in [0.25, 0.3) is 0 Å². The lowest BCUT2D eigenvalue weighted by molar-refractivity contribution is -0.122. The molecule has 1 aliphatic carbocycles. The van der Waals surface area contributed by atoms with Crippen molar-refractivity contribution in [2.24, 2.45) is 0 Å². The van der Waals surface area contributed by atoms with Crippen LogP contribution < -0.4 is 5.32 Å². The van der Waals surface area contributed by atoms with Crippen LogP contribution in [0.3, 0.4) is 0 Å². The summed E-state index contributed by atoms with van der Waals surface area (Å²) in [6.45, 7) is 0.593. The zero-order valence-electron chi connectivity index (χ0n) is 13.2. The van der Waals surface area contributed by atoms with Gasteiger partial charge in [0.15, 0.2) is 0 Å². The molecule has 3 aromatic rings. The van der Waals surface area contributed by atoms with Crippen molar-refractivity contribution in [3.8, 4) is 0 Å². The Balaban J connectivity index is 1.40. The first-order valence-electron chi connectivity index (χ1n) is 8.18. The van der Waals surface area contributed by atoms with Gasteiger partial charge in [0.1, 0.15) is 5.82 Å². The molecule has 4 nitrogen and oxygen atoms in total. The Labute approximate surface area is 139 Å². The molecule has 0 unspecified atom stereocenters. The van der Waals surface area contributed by atoms with Crippen LogP contribution in [-0.4, -0.2) is 15.5 Å². The molecule has 1 N–H and O–H groups in total. The van der Waals surface area contributed by atoms with Crippen molar-refractivity contribution in [2.45, 2.75) is 31.8 Å². The number of nitrogens with one attached hydrogen (secondary N) is 1. The third-order valence-electron chi connectivity index (χ3n) is 4.63. The van der Waals surface area contributed by atoms with Gasteiger partial charge in [-0.1, -0.05) is 18.2 Å². The number of carbonyl (C=O) groups excluding carboxylic acids is 1. The first-order valence-corrected chi connectivity index (χ1v) is 8.18. The smallest absolute Gasteiger partial charge is 0.222 e. The molecule has 0 saturated carbocycles. The molecule has 1 amide bonds. The summed E-state index contributed by atoms with van der Waals surface area (Å²) in [7, 11) is 0. The van der Waals surface area contributed by atoms with Gasteiger partial charge in [0.05, 0.1) is 23.4 Å². The first kappa shape index (κ1) is 14.9. The summed E-state index contributed by atoms with van der Waals surface area (Å²) in [5.74, 6) is -0.206. The second kappa shape index (κ2) is 6.07. The number of halogens is 1. The zero-order chi connectivity index (χ0) is 16.5. The molecule has 4 rings (SSSR count). The summed E-state index contributed by atoms with van der Waals surface area (Å²) >= 11 is 0. The van der Waals surface area contributed by atoms with Gasteiger partial charge in [-0.2, -0.15) is 0 Å². The van der Waals surface area contributed by atoms with Gasteiger partial charge >= 0.3 is 0 Å². The maximum Gasteiger partial charge on any atom is 0.222 e. The Kier molecular flexibility index (Phi) is 3.76. The van der Waals surface area contributed by atoms with Crippen molar-refractivity contribution in [1.82, 2.24) is 14.9 Å². The fourth-order valence-corrected chi connectivity index (χ4v) is 3.41. The molecule has 1 aliphatic rings. The molecule has 1 atom stereocenters. The van der Waals surface area contributed by atoms with E-state index in [1.807, 2.05) is 28.8 Å². The van der Waals surface area contributed by atoms with Gasteiger partial charge in [-0.25, -0.2) is 9.37 Å². The molecule has 1 heterocycles. The molecule has 122 valence electrons. The fourth-order valence-electron chi connectivity index (χ4n) is 3.41. The van der Waals surface area contributed by atoms with Gasteiger partial charge in [-0.15, -0.1) is 0 Å². The Morgan fingerprint density at radius 1 is 1.29 bits per heavy atom. The number of imidazole rings is 1. The third kappa shape index (κ3) is 2.77. The number of amides is 1. The van der Waals surface area contributed by atoms with Crippen molar-refractivity contribution in [3.63, 3.8) is 0 Å². The molecular weight excluding hydrogens is 305 g/mol. The number of aromatic nitrogens is 2. The first-order chi connectivity index (χ1) is 11.7. The molecule has 24 heavy (non-hydrogen) atoms. The van der Waals surface area contributed by atoms with E-state index >= 15 is 0 Å². The standard InChI is InChI=1S/C19H18FN3O/c20-14-6-7-15-13(11-14)5-8-16(15)22-19(24)9-10-23-12-21-17-3-1-2-4-18(17)23/h1-4,6-7,11-12,16H,5,8-10H2,(H,22,24)/t16-/m1/s1. The monoisotopic (exact) mass is 323 g/mol. The second-order valence-corrected chi connectivity index (χ2v) is 6.18. The average Bonchev–Trinajstić information content (AvgIpc) is 3.17. The van der Waals surface area contributed by atoms with Crippen molar-refractivity contribution < 1.29 is 9.18 Å². The third-order valence-corrected chi connectivity index (χ3v) is 4.63. The number of fused-ring (bicyclic) bond motifs is 2. The molecule has 0 saturated heterocycles. The predicted molar refractivity (Wildman–Crippen MR) is 90.0 cm³/mol. The number of benzene rings is 2. The molecule has 1 aromatic heterocycles. The maximum atomic E-state index is 13.3. The van der Waals surface area contributed by atoms with Crippen molar-refractivity contribution >= 4 is 16.9 Å². The van der Waals surface area contributed by atoms with Crippen LogP contribution in [0.1, 0.15) is 30.0 Å². The van der Waals surface area contributed by atoms with E-state index in [2.05, 4.69) is 10.3 Å². The van der Waals surface area contributed by atoms with Gasteiger partial charge in [0, 0.05) is 13.0 Å². The van der Waals surface area contributed by atoms with E-state index in [1.54, 1.807) is 18.5 Å². The number of aryl methyl sites for hydroxylation is 2. The number of para-hydroxylation sites is 2. The maximum absolute atomic E-state index is 13.3. The Morgan fingerprint density at radius 3 is 3.08 bits per heavy atom. The Hall–Kier alpha value is -2.69. The summed E-state index contributed by atoms with van der Waals surface area (Å²) in [6.07, 6.45) is 3.81. The normalized spacial score (nSPS) is 16.3. The van der Waals surface area contributed by atoms with E-state index < -0.39 is 0 Å². The Bertz CT molecular complexity index is 903. The second-order valence-electron chi connectivity index (χ2n) is 6.18. The van der Waals surface area contributed by atoms with Gasteiger partial charge in [-0.3, -0.25) is 4.79 Å². The van der Waals surface area contributed by atoms with Crippen LogP contribution >= 0.6 is 0 Å². The number of carbonyl (C=O) groups is 1. The number of nitrogens with zero attached hydrogens (tertiary/aromatic N) is 2. The average molecular weight is 323 g/mol. The molecule has 0 bridgehead atoms. The molecule has 2 aromatic carbocycles. The van der Waals surface area contributed by atoms with Crippen LogP contribution in [0.5, 0.6) is 0 Å². The molecule has 0 fully saturated rings. The zero-order valence-corrected chi connectivity index (χ0v) is 13.2. The van der Waals surface area contributed by atoms with Crippen molar-refractivity contribution in [2.75, 3.05) is 0 Å². The minimum absolute atomic E-state index is 0.00682. The van der Waals surface area contributed by atoms with Gasteiger partial charge < -0.3 is 9.88 Å². The number of hydrogen-bond acceptors (Lipinski definition) is 2. The van der Waals surface area contributed by atoms with Crippen LogP contribution in [0, 0.1) is 5.82 Å². The Morgan fingerprint density at radius 2 is 2.17 bits per heavy atom. The lowest BCUT2D eigenvalue weighted by Crippen LogP contribution is -2.27. The van der Waals surface area contributed by atoms with Crippen LogP contribution in [0.4, 0.5) is 4.39 Å². The van der Waals surface area contributed by atoms with Gasteiger partial charge in [0.2, 0.25) is 5.91 Å². The summed E-state index contributed by atoms with van der Waals surface area (Å²) in [5.41, 5.74) is 4.01. The van der Waals surface area contributed by atoms with E-state index in [-0.39, 0.29) is 17.8 Å². The summed E-state index contributed by atoms with van der Waals surface area (Å²) in [5, 5.41) is 3.07. The molecule has 5 heteroatoms. The van der Waals surface area contributed by atoms with Crippen LogP contribution in [0.15, 0.2) is 48.8 Å². The van der Waals surface area contributed by atoms with Crippen LogP contribution in [0.2, 0.25) is 0 Å². The summed E-state index contributed by atoms with van der Waals surface area (Å²) in [4.78, 5) is 16.6. The van der Waals surface area contributed by atoms with E-state index in [0.29, 0.717) is 13.0 Å². The minimum atomic E-state index is -0.215. The largest absolute Gasteiger partial charge is 0.349 e. The molecule has 0 radical (unpaired) electrons. The lowest BCUT2D eigenvalue weighted by atomic mass is 10.1. The van der Waals surface area contributed by atoms with Crippen LogP contribution in [0.25, 0.3) is 11.0 Å². The highest BCUT2D eigenvalue weighted by Crippen LogP contribution is 2.31. The topological polar surface area (TPSA) is 46.9 Å². The summed E-state index contributed by atoms with van der Waals surface area (Å²) in [6, 6.07) is 12.7. The lowest BCUT2D eigenvalue weighted by Gasteiger charge is -2.14. The van der Waals surface area contributed by atoms with Crippen molar-refractivity contribution in [1.29, 1.82) is 0 Å². The van der Waals surface area contributed by atoms with E-state index in [9.17, 15) is 9.18 Å². The highest BCUT2D eigenvalue weighted by Gasteiger charge is 2.24. The van der Waals surface area contributed by atoms with E-state index in [0.717, 1.165) is 35.0 Å². The number of hydrogen-bond donors (Lipinski definition) is 1. The SMILES string of the molecule is O=C(CCn1cnc2ccccc21)N[C@@H]1CCc2cc(F)ccc21. The molecule has 0 aliphatic heterocycles. The predicted octanol–water partition coefficient (Wildman–Crippen LogP) is 3.37. The quantitative estimate of drug-likeness (QED) is 0.800. The van der Waals surface area contributed by atoms with Crippen LogP contribution in [-0.2, 0) is 17.8 Å². The summed E-state index contributed by atoms with van der Waals surface area (Å²) < 4.78 is 15.3. The fraction of sp³-hybridized carbons (Fsp3) is 0.263.